The molecule has 5 aliphatic rings. The van der Waals surface area contributed by atoms with Gasteiger partial charge in [-0.3, -0.25) is 28.6 Å². The molecule has 1 unspecified atom stereocenters. The molecule has 2 aliphatic carbocycles. The van der Waals surface area contributed by atoms with E-state index in [1.54, 1.807) is 14.1 Å². The molecule has 0 spiro atoms. The van der Waals surface area contributed by atoms with Crippen molar-refractivity contribution in [2.75, 3.05) is 59.4 Å². The van der Waals surface area contributed by atoms with Gasteiger partial charge in [-0.2, -0.15) is 18.3 Å². The van der Waals surface area contributed by atoms with Crippen LogP contribution >= 0.6 is 0 Å². The van der Waals surface area contributed by atoms with Gasteiger partial charge in [0, 0.05) is 68.9 Å². The Balaban J connectivity index is 0.00000106. The zero-order valence-electron chi connectivity index (χ0n) is 47.9. The fourth-order valence-electron chi connectivity index (χ4n) is 13.6. The van der Waals surface area contributed by atoms with Crippen molar-refractivity contribution in [3.05, 3.63) is 147 Å². The summed E-state index contributed by atoms with van der Waals surface area (Å²) in [6.45, 7) is 7.50. The third kappa shape index (κ3) is 13.0. The molecular formula is C64H75F3N8O9. The van der Waals surface area contributed by atoms with Crippen LogP contribution in [0.2, 0.25) is 0 Å². The van der Waals surface area contributed by atoms with Crippen molar-refractivity contribution < 1.29 is 51.7 Å². The molecule has 6 aromatic rings. The van der Waals surface area contributed by atoms with Gasteiger partial charge in [0.05, 0.1) is 21.9 Å². The van der Waals surface area contributed by atoms with Gasteiger partial charge in [0.15, 0.2) is 13.5 Å². The molecule has 3 aliphatic heterocycles. The number of pyridine rings is 1. The molecule has 2 saturated carbocycles. The summed E-state index contributed by atoms with van der Waals surface area (Å²) in [6, 6.07) is 32.9. The summed E-state index contributed by atoms with van der Waals surface area (Å²) in [6.07, 6.45) is 7.20. The maximum absolute atomic E-state index is 14.8. The Kier molecular flexibility index (Phi) is 18.2. The second-order valence-corrected chi connectivity index (χ2v) is 23.5. The number of alkyl halides is 3. The number of urea groups is 1. The number of halogens is 3. The van der Waals surface area contributed by atoms with E-state index in [9.17, 15) is 37.1 Å². The van der Waals surface area contributed by atoms with E-state index in [2.05, 4.69) is 22.2 Å². The van der Waals surface area contributed by atoms with Crippen molar-refractivity contribution >= 4 is 51.7 Å². The number of piperidine rings is 2. The molecule has 84 heavy (non-hydrogen) atoms. The molecule has 3 amide bonds. The maximum atomic E-state index is 14.8. The molecule has 0 bridgehead atoms. The SMILES string of the molecule is Cc1cc(CC(NC(=O)N2CCC(c3cc4ccccc4n(COC(=O)C4(c5ccccc5)CCCC4)c3=O)CC2)C(=O)N2CCN(C3CCN(C)CC3)CC2)cc2cn(COC(=O)C3(c4ccccc4)CCCC3)nc12.O=C(O)C(F)(F)F. The van der Waals surface area contributed by atoms with E-state index in [1.165, 1.54) is 0 Å². The highest BCUT2D eigenvalue weighted by Gasteiger charge is 2.46. The fourth-order valence-corrected chi connectivity index (χ4v) is 13.6. The molecule has 4 aromatic carbocycles. The number of benzene rings is 4. The molecule has 1 atom stereocenters. The largest absolute Gasteiger partial charge is 0.490 e. The lowest BCUT2D eigenvalue weighted by atomic mass is 9.79. The van der Waals surface area contributed by atoms with Gasteiger partial charge in [-0.25, -0.2) is 14.3 Å². The van der Waals surface area contributed by atoms with Gasteiger partial charge in [0.2, 0.25) is 5.91 Å². The van der Waals surface area contributed by atoms with Crippen LogP contribution in [0.4, 0.5) is 18.0 Å². The van der Waals surface area contributed by atoms with Crippen LogP contribution in [-0.4, -0.2) is 147 Å². The van der Waals surface area contributed by atoms with E-state index < -0.39 is 29.0 Å². The number of aromatic nitrogens is 3. The molecule has 2 aromatic heterocycles. The number of para-hydroxylation sites is 1. The molecule has 5 heterocycles. The highest BCUT2D eigenvalue weighted by molar-refractivity contribution is 5.89. The highest BCUT2D eigenvalue weighted by atomic mass is 19.4. The first kappa shape index (κ1) is 59.6. The summed E-state index contributed by atoms with van der Waals surface area (Å²) in [5.74, 6) is -3.52. The predicted molar refractivity (Wildman–Crippen MR) is 310 cm³/mol. The summed E-state index contributed by atoms with van der Waals surface area (Å²) < 4.78 is 47.1. The number of rotatable bonds is 14. The lowest BCUT2D eigenvalue weighted by Gasteiger charge is -2.43. The van der Waals surface area contributed by atoms with E-state index in [-0.39, 0.29) is 55.2 Å². The number of carbonyl (C=O) groups is 5. The Hall–Kier alpha value is -7.58. The molecule has 446 valence electrons. The van der Waals surface area contributed by atoms with Crippen LogP contribution < -0.4 is 10.9 Å². The topological polar surface area (TPSA) is 189 Å². The number of hydrogen-bond donors (Lipinski definition) is 2. The summed E-state index contributed by atoms with van der Waals surface area (Å²) in [5, 5.41) is 16.9. The van der Waals surface area contributed by atoms with Crippen molar-refractivity contribution in [1.82, 2.24) is 39.3 Å². The van der Waals surface area contributed by atoms with E-state index in [0.29, 0.717) is 69.0 Å². The number of nitrogens with zero attached hydrogens (tertiary/aromatic N) is 7. The van der Waals surface area contributed by atoms with Gasteiger partial charge in [0.1, 0.15) is 6.04 Å². The van der Waals surface area contributed by atoms with E-state index >= 15 is 0 Å². The number of hydrogen-bond acceptors (Lipinski definition) is 11. The van der Waals surface area contributed by atoms with Crippen molar-refractivity contribution in [2.24, 2.45) is 0 Å². The minimum atomic E-state index is -5.08. The fraction of sp³-hybridized carbons (Fsp3) is 0.484. The Bertz CT molecular complexity index is 3370. The van der Waals surface area contributed by atoms with E-state index in [1.807, 2.05) is 121 Å². The minimum Gasteiger partial charge on any atom is -0.475 e. The Labute approximate surface area is 486 Å². The van der Waals surface area contributed by atoms with Crippen LogP contribution in [0.25, 0.3) is 21.8 Å². The number of carboxylic acid groups (broad SMARTS) is 1. The van der Waals surface area contributed by atoms with Gasteiger partial charge >= 0.3 is 30.1 Å². The van der Waals surface area contributed by atoms with E-state index in [4.69, 9.17) is 24.5 Å². The van der Waals surface area contributed by atoms with Crippen molar-refractivity contribution in [3.8, 4) is 0 Å². The number of aliphatic carboxylic acids is 1. The first-order valence-corrected chi connectivity index (χ1v) is 29.5. The van der Waals surface area contributed by atoms with Crippen LogP contribution in [0.15, 0.2) is 114 Å². The molecule has 20 heteroatoms. The standard InChI is InChI=1S/C62H74N8O7.C2HF3O2/c1-44-37-45(38-48-41-69(64-55(44)48)42-76-58(73)61(25-11-12-26-61)49-16-5-3-6-17-49)39-53(57(72)67-35-33-66(34-36-67)51-23-29-65(2)30-24-51)63-60(75)68-31-21-46(22-32-68)52-40-47-15-9-10-20-54(47)70(56(52)71)43-77-59(74)62(27-13-14-28-62)50-18-7-4-8-19-50;3-2(4,5)1(6)7/h3-10,15-20,37-38,40-41,46,51,53H,11-14,21-36,39,42-43H2,1-2H3,(H,63,75);(H,6,7). The lowest BCUT2D eigenvalue weighted by Crippen LogP contribution is -2.59. The van der Waals surface area contributed by atoms with E-state index in [0.717, 1.165) is 116 Å². The number of ether oxygens (including phenoxy) is 2. The van der Waals surface area contributed by atoms with Crippen molar-refractivity contribution in [3.63, 3.8) is 0 Å². The first-order chi connectivity index (χ1) is 40.4. The maximum Gasteiger partial charge on any atom is 0.490 e. The summed E-state index contributed by atoms with van der Waals surface area (Å²) in [4.78, 5) is 89.1. The second kappa shape index (κ2) is 25.7. The molecule has 3 saturated heterocycles. The average molecular weight is 1160 g/mol. The number of amides is 3. The van der Waals surface area contributed by atoms with Gasteiger partial charge in [-0.1, -0.05) is 111 Å². The monoisotopic (exact) mass is 1160 g/mol. The average Bonchev–Trinajstić information content (AvgIpc) is 2.49. The molecule has 0 radical (unpaired) electrons. The number of piperazine rings is 1. The number of aryl methyl sites for hydroxylation is 1. The van der Waals surface area contributed by atoms with Crippen molar-refractivity contribution in [2.45, 2.75) is 139 Å². The zero-order chi connectivity index (χ0) is 59.2. The molecule has 11 rings (SSSR count). The minimum absolute atomic E-state index is 0.0174. The molecule has 5 fully saturated rings. The smallest absolute Gasteiger partial charge is 0.475 e. The Morgan fingerprint density at radius 1 is 0.690 bits per heavy atom. The molecule has 2 N–H and O–H groups in total. The van der Waals surface area contributed by atoms with Crippen molar-refractivity contribution in [1.29, 1.82) is 0 Å². The second-order valence-electron chi connectivity index (χ2n) is 23.5. The zero-order valence-corrected chi connectivity index (χ0v) is 47.9. The van der Waals surface area contributed by atoms with Gasteiger partial charge in [-0.15, -0.1) is 0 Å². The van der Waals surface area contributed by atoms with Crippen LogP contribution in [-0.2, 0) is 59.4 Å². The normalized spacial score (nSPS) is 19.2. The van der Waals surface area contributed by atoms with Gasteiger partial charge in [-0.05, 0) is 130 Å². The van der Waals surface area contributed by atoms with Gasteiger partial charge in [0.25, 0.3) is 5.56 Å². The number of nitrogens with one attached hydrogen (secondary N) is 1. The number of carbonyl (C=O) groups excluding carboxylic acids is 4. The highest BCUT2D eigenvalue weighted by Crippen LogP contribution is 2.44. The Morgan fingerprint density at radius 2 is 1.24 bits per heavy atom. The summed E-state index contributed by atoms with van der Waals surface area (Å²) in [7, 11) is 2.17. The van der Waals surface area contributed by atoms with Gasteiger partial charge < -0.3 is 34.6 Å². The third-order valence-electron chi connectivity index (χ3n) is 18.3. The Morgan fingerprint density at radius 3 is 1.81 bits per heavy atom. The summed E-state index contributed by atoms with van der Waals surface area (Å²) >= 11 is 0. The molecular weight excluding hydrogens is 1080 g/mol. The van der Waals surface area contributed by atoms with Crippen LogP contribution in [0.1, 0.15) is 111 Å². The van der Waals surface area contributed by atoms with Crippen LogP contribution in [0.5, 0.6) is 0 Å². The number of fused-ring (bicyclic) bond motifs is 2. The predicted octanol–water partition coefficient (Wildman–Crippen LogP) is 9.06. The van der Waals surface area contributed by atoms with Crippen LogP contribution in [0, 0.1) is 6.92 Å². The number of esters is 2. The quantitative estimate of drug-likeness (QED) is 0.0987. The summed E-state index contributed by atoms with van der Waals surface area (Å²) in [5.41, 5.74) is 4.30. The lowest BCUT2D eigenvalue weighted by molar-refractivity contribution is -0.192. The number of likely N-dealkylation sites (tertiary alicyclic amines) is 2. The third-order valence-corrected chi connectivity index (χ3v) is 18.3. The number of carboxylic acids is 1. The first-order valence-electron chi connectivity index (χ1n) is 29.5. The van der Waals surface area contributed by atoms with Crippen LogP contribution in [0.3, 0.4) is 0 Å². The molecule has 17 nitrogen and oxygen atoms in total.